The Kier molecular flexibility index (Phi) is 9.65. The Morgan fingerprint density at radius 2 is 1.88 bits per heavy atom. The van der Waals surface area contributed by atoms with E-state index in [1.807, 2.05) is 18.8 Å². The lowest BCUT2D eigenvalue weighted by molar-refractivity contribution is -0.329. The summed E-state index contributed by atoms with van der Waals surface area (Å²) in [5.74, 6) is -1.23. The molecule has 3 fully saturated rings. The molecule has 0 aromatic rings. The van der Waals surface area contributed by atoms with Gasteiger partial charge in [0.1, 0.15) is 12.2 Å². The van der Waals surface area contributed by atoms with E-state index < -0.39 is 14.5 Å². The van der Waals surface area contributed by atoms with Crippen molar-refractivity contribution < 1.29 is 32.8 Å². The first kappa shape index (κ1) is 25.7. The van der Waals surface area contributed by atoms with Crippen molar-refractivity contribution in [2.45, 2.75) is 75.8 Å². The first-order chi connectivity index (χ1) is 15.4. The van der Waals surface area contributed by atoms with Gasteiger partial charge in [0.15, 0.2) is 0 Å². The molecule has 0 spiro atoms. The van der Waals surface area contributed by atoms with Crippen molar-refractivity contribution in [3.63, 3.8) is 0 Å². The molecule has 3 saturated heterocycles. The second-order valence-electron chi connectivity index (χ2n) is 8.58. The Labute approximate surface area is 191 Å². The van der Waals surface area contributed by atoms with Gasteiger partial charge in [0.2, 0.25) is 5.91 Å². The Morgan fingerprint density at radius 3 is 2.59 bits per heavy atom. The molecule has 32 heavy (non-hydrogen) atoms. The molecule has 3 rings (SSSR count). The van der Waals surface area contributed by atoms with Gasteiger partial charge >= 0.3 is 0 Å². The van der Waals surface area contributed by atoms with Crippen molar-refractivity contribution in [2.75, 3.05) is 41.0 Å². The third-order valence-corrected chi connectivity index (χ3v) is 7.41. The fourth-order valence-electron chi connectivity index (χ4n) is 4.31. The van der Waals surface area contributed by atoms with E-state index >= 15 is 0 Å². The van der Waals surface area contributed by atoms with Gasteiger partial charge in [0.25, 0.3) is 14.5 Å². The lowest BCUT2D eigenvalue weighted by atomic mass is 9.85. The Hall–Kier alpha value is -0.890. The molecule has 5 unspecified atom stereocenters. The number of carbonyl (C=O) groups is 1. The molecule has 0 aliphatic carbocycles. The predicted octanol–water partition coefficient (Wildman–Crippen LogP) is 2.29. The van der Waals surface area contributed by atoms with Gasteiger partial charge in [0, 0.05) is 20.6 Å². The number of unbranched alkanes of at least 4 members (excludes halogenated alkanes) is 3. The number of nitrogens with one attached hydrogen (secondary N) is 1. The van der Waals surface area contributed by atoms with Gasteiger partial charge < -0.3 is 33.3 Å². The summed E-state index contributed by atoms with van der Waals surface area (Å²) in [6.45, 7) is 3.40. The lowest BCUT2D eigenvalue weighted by Crippen LogP contribution is -2.46. The fraction of sp³-hybridized carbons (Fsp3) is 0.905. The van der Waals surface area contributed by atoms with E-state index in [0.29, 0.717) is 32.6 Å². The van der Waals surface area contributed by atoms with Crippen LogP contribution < -0.4 is 5.32 Å². The second kappa shape index (κ2) is 12.0. The number of carbonyl (C=O) groups excluding carboxylic acids is 1. The molecule has 2 bridgehead atoms. The zero-order valence-corrected chi connectivity index (χ0v) is 20.3. The van der Waals surface area contributed by atoms with Gasteiger partial charge in [-0.05, 0) is 33.4 Å². The quantitative estimate of drug-likeness (QED) is 0.300. The molecule has 0 radical (unpaired) electrons. The minimum atomic E-state index is -1.10. The number of fused-ring (bicyclic) bond motifs is 5. The highest BCUT2D eigenvalue weighted by atomic mass is 31.2. The first-order valence-corrected chi connectivity index (χ1v) is 12.5. The maximum Gasteiger partial charge on any atom is 0.280 e. The standard InChI is InChI=1S/C21H36N3O7P/c1-21(26-4)30-18-16-14-15(17(29-16)19(18)31-21)20(25)23-11-7-5-6-8-12-27-32(24(2)3)28-13-9-10-22/h15-19H,5-9,11-14H2,1-4H3,(H,23,25)/t15?,16?,17-,18?,19+,21?,32?/m0/s1. The smallest absolute Gasteiger partial charge is 0.280 e. The van der Waals surface area contributed by atoms with Gasteiger partial charge in [-0.1, -0.05) is 12.8 Å². The molecule has 11 heteroatoms. The van der Waals surface area contributed by atoms with E-state index in [-0.39, 0.29) is 36.2 Å². The molecule has 1 amide bonds. The van der Waals surface area contributed by atoms with E-state index in [2.05, 4.69) is 11.4 Å². The SMILES string of the molecule is COC1(C)OC2C3CC(C(=O)NCCCCCCOP(OCCC#N)N(C)C)[C@H](O3)[C@H]2O1. The average molecular weight is 474 g/mol. The summed E-state index contributed by atoms with van der Waals surface area (Å²) in [7, 11) is 4.26. The number of methoxy groups -OCH3 is 1. The van der Waals surface area contributed by atoms with Crippen LogP contribution in [0.5, 0.6) is 0 Å². The third kappa shape index (κ3) is 6.37. The second-order valence-corrected chi connectivity index (χ2v) is 10.4. The third-order valence-electron chi connectivity index (χ3n) is 5.95. The zero-order chi connectivity index (χ0) is 23.1. The molecule has 0 aromatic carbocycles. The summed E-state index contributed by atoms with van der Waals surface area (Å²) in [5, 5.41) is 11.6. The van der Waals surface area contributed by atoms with Crippen LogP contribution in [0.4, 0.5) is 0 Å². The summed E-state index contributed by atoms with van der Waals surface area (Å²) in [4.78, 5) is 12.7. The largest absolute Gasteiger partial charge is 0.368 e. The van der Waals surface area contributed by atoms with E-state index in [1.165, 1.54) is 0 Å². The molecule has 0 saturated carbocycles. The number of hydrogen-bond acceptors (Lipinski definition) is 9. The summed E-state index contributed by atoms with van der Waals surface area (Å²) in [6.07, 6.45) is 4.09. The summed E-state index contributed by atoms with van der Waals surface area (Å²) < 4.78 is 36.3. The number of nitrogens with zero attached hydrogens (tertiary/aromatic N) is 2. The van der Waals surface area contributed by atoms with E-state index in [0.717, 1.165) is 25.7 Å². The van der Waals surface area contributed by atoms with Crippen LogP contribution in [0.15, 0.2) is 0 Å². The molecule has 7 atom stereocenters. The predicted molar refractivity (Wildman–Crippen MR) is 116 cm³/mol. The monoisotopic (exact) mass is 473 g/mol. The van der Waals surface area contributed by atoms with Gasteiger partial charge in [-0.3, -0.25) is 4.79 Å². The van der Waals surface area contributed by atoms with E-state index in [1.54, 1.807) is 14.0 Å². The molecule has 3 aliphatic heterocycles. The minimum absolute atomic E-state index is 0.0278. The highest BCUT2D eigenvalue weighted by Crippen LogP contribution is 2.48. The number of ether oxygens (including phenoxy) is 4. The number of hydrogen-bond donors (Lipinski definition) is 1. The molecular formula is C21H36N3O7P. The van der Waals surface area contributed by atoms with Crippen molar-refractivity contribution in [1.29, 1.82) is 5.26 Å². The molecule has 10 nitrogen and oxygen atoms in total. The van der Waals surface area contributed by atoms with Crippen molar-refractivity contribution in [3.05, 3.63) is 0 Å². The Balaban J connectivity index is 1.25. The number of amides is 1. The molecule has 182 valence electrons. The van der Waals surface area contributed by atoms with E-state index in [9.17, 15) is 4.79 Å². The highest BCUT2D eigenvalue weighted by Gasteiger charge is 2.64. The Morgan fingerprint density at radius 1 is 1.16 bits per heavy atom. The topological polar surface area (TPSA) is 112 Å². The maximum absolute atomic E-state index is 12.7. The average Bonchev–Trinajstić information content (AvgIpc) is 3.44. The van der Waals surface area contributed by atoms with Crippen LogP contribution in [-0.4, -0.2) is 81.9 Å². The van der Waals surface area contributed by atoms with Crippen LogP contribution in [0.3, 0.4) is 0 Å². The van der Waals surface area contributed by atoms with E-state index in [4.69, 9.17) is 33.3 Å². The van der Waals surface area contributed by atoms with Crippen molar-refractivity contribution in [1.82, 2.24) is 9.99 Å². The van der Waals surface area contributed by atoms with Crippen LogP contribution in [0.1, 0.15) is 45.4 Å². The molecular weight excluding hydrogens is 437 g/mol. The van der Waals surface area contributed by atoms with Gasteiger partial charge in [-0.2, -0.15) is 5.26 Å². The maximum atomic E-state index is 12.7. The number of nitriles is 1. The molecule has 3 heterocycles. The molecule has 1 N–H and O–H groups in total. The van der Waals surface area contributed by atoms with Crippen molar-refractivity contribution in [2.24, 2.45) is 5.92 Å². The van der Waals surface area contributed by atoms with Crippen LogP contribution in [0.25, 0.3) is 0 Å². The summed E-state index contributed by atoms with van der Waals surface area (Å²) >= 11 is 0. The Bertz CT molecular complexity index is 664. The zero-order valence-electron chi connectivity index (χ0n) is 19.5. The number of rotatable bonds is 14. The minimum Gasteiger partial charge on any atom is -0.368 e. The highest BCUT2D eigenvalue weighted by molar-refractivity contribution is 7.44. The van der Waals surface area contributed by atoms with Crippen LogP contribution in [0.2, 0.25) is 0 Å². The summed E-state index contributed by atoms with van der Waals surface area (Å²) in [6, 6.07) is 2.06. The molecule has 0 aromatic heterocycles. The van der Waals surface area contributed by atoms with Gasteiger partial charge in [-0.25, -0.2) is 4.67 Å². The van der Waals surface area contributed by atoms with Crippen molar-refractivity contribution >= 4 is 14.4 Å². The van der Waals surface area contributed by atoms with Crippen molar-refractivity contribution in [3.8, 4) is 6.07 Å². The van der Waals surface area contributed by atoms with Gasteiger partial charge in [-0.15, -0.1) is 0 Å². The summed E-state index contributed by atoms with van der Waals surface area (Å²) in [5.41, 5.74) is 0. The van der Waals surface area contributed by atoms with Crippen LogP contribution >= 0.6 is 8.53 Å². The first-order valence-electron chi connectivity index (χ1n) is 11.3. The lowest BCUT2D eigenvalue weighted by Gasteiger charge is -2.25. The van der Waals surface area contributed by atoms with Crippen LogP contribution in [-0.2, 0) is 32.8 Å². The molecule has 3 aliphatic rings. The fourth-order valence-corrected chi connectivity index (χ4v) is 5.38. The van der Waals surface area contributed by atoms with Crippen LogP contribution in [0, 0.1) is 17.2 Å². The van der Waals surface area contributed by atoms with Gasteiger partial charge in [0.05, 0.1) is 43.8 Å². The normalized spacial score (nSPS) is 33.9.